The smallest absolute Gasteiger partial charge is 0.410 e. The minimum Gasteiger partial charge on any atom is -0.444 e. The third-order valence-electron chi connectivity index (χ3n) is 6.93. The van der Waals surface area contributed by atoms with Crippen molar-refractivity contribution in [2.24, 2.45) is 0 Å². The zero-order valence-corrected chi connectivity index (χ0v) is 22.6. The van der Waals surface area contributed by atoms with Gasteiger partial charge in [-0.05, 0) is 69.0 Å². The number of amides is 1. The van der Waals surface area contributed by atoms with Crippen LogP contribution >= 0.6 is 0 Å². The van der Waals surface area contributed by atoms with Crippen molar-refractivity contribution in [2.45, 2.75) is 51.7 Å². The van der Waals surface area contributed by atoms with Crippen LogP contribution in [0.4, 0.5) is 16.6 Å². The van der Waals surface area contributed by atoms with Gasteiger partial charge in [-0.15, -0.1) is 0 Å². The second kappa shape index (κ2) is 10.3. The maximum absolute atomic E-state index is 12.3. The van der Waals surface area contributed by atoms with Crippen molar-refractivity contribution >= 4 is 28.9 Å². The summed E-state index contributed by atoms with van der Waals surface area (Å²) in [6.45, 7) is 9.36. The molecule has 202 valence electrons. The van der Waals surface area contributed by atoms with Crippen molar-refractivity contribution in [2.75, 3.05) is 31.5 Å². The van der Waals surface area contributed by atoms with Crippen molar-refractivity contribution in [1.29, 1.82) is 0 Å². The summed E-state index contributed by atoms with van der Waals surface area (Å²) >= 11 is 0. The number of aromatic amines is 1. The Labute approximate surface area is 227 Å². The molecule has 0 radical (unpaired) electrons. The van der Waals surface area contributed by atoms with Gasteiger partial charge < -0.3 is 19.9 Å². The zero-order valence-electron chi connectivity index (χ0n) is 22.6. The Kier molecular flexibility index (Phi) is 6.64. The van der Waals surface area contributed by atoms with E-state index in [2.05, 4.69) is 41.2 Å². The first-order chi connectivity index (χ1) is 18.8. The number of benzene rings is 1. The Hall–Kier alpha value is -4.05. The molecule has 1 amide bonds. The summed E-state index contributed by atoms with van der Waals surface area (Å²) in [6.07, 6.45) is 7.77. The first kappa shape index (κ1) is 25.2. The van der Waals surface area contributed by atoms with Crippen molar-refractivity contribution in [3.8, 4) is 11.1 Å². The van der Waals surface area contributed by atoms with Crippen LogP contribution < -0.4 is 5.32 Å². The predicted octanol–water partition coefficient (Wildman–Crippen LogP) is 5.09. The molecular weight excluding hydrogens is 492 g/mol. The molecular formula is C29H34N8O2. The minimum atomic E-state index is -0.479. The molecule has 1 aliphatic heterocycles. The number of nitrogens with one attached hydrogen (secondary N) is 2. The van der Waals surface area contributed by atoms with Gasteiger partial charge in [-0.2, -0.15) is 0 Å². The summed E-state index contributed by atoms with van der Waals surface area (Å²) in [5.41, 5.74) is 4.51. The summed E-state index contributed by atoms with van der Waals surface area (Å²) in [4.78, 5) is 38.1. The van der Waals surface area contributed by atoms with Crippen LogP contribution in [0, 0.1) is 0 Å². The second-order valence-electron chi connectivity index (χ2n) is 11.3. The molecule has 1 saturated carbocycles. The zero-order chi connectivity index (χ0) is 27.0. The highest BCUT2D eigenvalue weighted by Crippen LogP contribution is 2.38. The number of piperazine rings is 1. The minimum absolute atomic E-state index is 0.240. The van der Waals surface area contributed by atoms with Gasteiger partial charge in [0.15, 0.2) is 0 Å². The summed E-state index contributed by atoms with van der Waals surface area (Å²) in [5, 5.41) is 3.31. The van der Waals surface area contributed by atoms with Crippen LogP contribution in [0.3, 0.4) is 0 Å². The molecule has 4 aromatic rings. The number of carbonyl (C=O) groups is 1. The van der Waals surface area contributed by atoms with E-state index in [0.29, 0.717) is 25.0 Å². The summed E-state index contributed by atoms with van der Waals surface area (Å²) in [7, 11) is 0. The number of aromatic nitrogens is 5. The van der Waals surface area contributed by atoms with Crippen LogP contribution in [0.2, 0.25) is 0 Å². The molecule has 10 nitrogen and oxygen atoms in total. The van der Waals surface area contributed by atoms with Crippen LogP contribution in [0.25, 0.3) is 22.2 Å². The molecule has 10 heteroatoms. The van der Waals surface area contributed by atoms with Gasteiger partial charge in [0, 0.05) is 62.8 Å². The average Bonchev–Trinajstić information content (AvgIpc) is 3.68. The SMILES string of the molecule is CC(C)(C)OC(=O)N1CCN(Cc2ccnc(Nc3nc4ccc(-c5cnc(C6CC6)nc5)cc4[nH]3)c2)CC1. The third kappa shape index (κ3) is 6.17. The van der Waals surface area contributed by atoms with E-state index in [1.807, 2.05) is 57.4 Å². The van der Waals surface area contributed by atoms with E-state index in [1.165, 1.54) is 12.8 Å². The fraction of sp³-hybridized carbons (Fsp3) is 0.414. The van der Waals surface area contributed by atoms with Crippen molar-refractivity contribution in [3.63, 3.8) is 0 Å². The van der Waals surface area contributed by atoms with Crippen LogP contribution in [0.1, 0.15) is 50.9 Å². The van der Waals surface area contributed by atoms with Gasteiger partial charge in [0.1, 0.15) is 17.2 Å². The van der Waals surface area contributed by atoms with E-state index in [-0.39, 0.29) is 6.09 Å². The quantitative estimate of drug-likeness (QED) is 0.357. The monoisotopic (exact) mass is 526 g/mol. The van der Waals surface area contributed by atoms with Gasteiger partial charge in [0.2, 0.25) is 5.95 Å². The molecule has 1 aromatic carbocycles. The topological polar surface area (TPSA) is 112 Å². The number of ether oxygens (including phenoxy) is 1. The fourth-order valence-electron chi connectivity index (χ4n) is 4.72. The molecule has 2 N–H and O–H groups in total. The molecule has 39 heavy (non-hydrogen) atoms. The number of hydrogen-bond donors (Lipinski definition) is 2. The number of pyridine rings is 1. The van der Waals surface area contributed by atoms with Gasteiger partial charge >= 0.3 is 6.09 Å². The fourth-order valence-corrected chi connectivity index (χ4v) is 4.72. The van der Waals surface area contributed by atoms with E-state index in [1.54, 1.807) is 11.1 Å². The Morgan fingerprint density at radius 1 is 1.03 bits per heavy atom. The Morgan fingerprint density at radius 2 is 1.79 bits per heavy atom. The highest BCUT2D eigenvalue weighted by molar-refractivity contribution is 5.83. The normalized spacial score (nSPS) is 16.4. The van der Waals surface area contributed by atoms with E-state index < -0.39 is 5.60 Å². The Morgan fingerprint density at radius 3 is 2.51 bits per heavy atom. The number of hydrogen-bond acceptors (Lipinski definition) is 8. The van der Waals surface area contributed by atoms with E-state index in [9.17, 15) is 4.79 Å². The van der Waals surface area contributed by atoms with Crippen LogP contribution in [-0.2, 0) is 11.3 Å². The maximum Gasteiger partial charge on any atom is 0.410 e. The highest BCUT2D eigenvalue weighted by atomic mass is 16.6. The van der Waals surface area contributed by atoms with Gasteiger partial charge in [-0.1, -0.05) is 6.07 Å². The number of fused-ring (bicyclic) bond motifs is 1. The molecule has 0 spiro atoms. The highest BCUT2D eigenvalue weighted by Gasteiger charge is 2.27. The lowest BCUT2D eigenvalue weighted by Gasteiger charge is -2.35. The van der Waals surface area contributed by atoms with Crippen LogP contribution in [0.15, 0.2) is 48.9 Å². The van der Waals surface area contributed by atoms with Gasteiger partial charge in [-0.25, -0.2) is 24.7 Å². The van der Waals surface area contributed by atoms with E-state index >= 15 is 0 Å². The van der Waals surface area contributed by atoms with Crippen molar-refractivity contribution in [1.82, 2.24) is 34.7 Å². The average molecular weight is 527 g/mol. The largest absolute Gasteiger partial charge is 0.444 e. The molecule has 0 bridgehead atoms. The van der Waals surface area contributed by atoms with Crippen molar-refractivity contribution < 1.29 is 9.53 Å². The first-order valence-electron chi connectivity index (χ1n) is 13.5. The molecule has 3 aromatic heterocycles. The van der Waals surface area contributed by atoms with Gasteiger partial charge in [-0.3, -0.25) is 4.90 Å². The predicted molar refractivity (Wildman–Crippen MR) is 150 cm³/mol. The maximum atomic E-state index is 12.3. The number of nitrogens with zero attached hydrogens (tertiary/aromatic N) is 6. The first-order valence-corrected chi connectivity index (χ1v) is 13.5. The second-order valence-corrected chi connectivity index (χ2v) is 11.3. The van der Waals surface area contributed by atoms with Crippen LogP contribution in [-0.4, -0.2) is 72.6 Å². The number of imidazole rings is 1. The van der Waals surface area contributed by atoms with Crippen LogP contribution in [0.5, 0.6) is 0 Å². The molecule has 6 rings (SSSR count). The number of H-pyrrole nitrogens is 1. The third-order valence-corrected chi connectivity index (χ3v) is 6.93. The van der Waals surface area contributed by atoms with Gasteiger partial charge in [0.25, 0.3) is 0 Å². The molecule has 0 atom stereocenters. The standard InChI is InChI=1S/C29H34N8O2/c1-29(2,3)39-28(38)37-12-10-36(11-13-37)18-19-8-9-30-25(14-19)35-27-33-23-7-6-21(15-24(23)34-27)22-16-31-26(32-17-22)20-4-5-20/h6-9,14-17,20H,4-5,10-13,18H2,1-3H3,(H2,30,33,34,35). The number of anilines is 2. The number of carbonyl (C=O) groups excluding carboxylic acids is 1. The lowest BCUT2D eigenvalue weighted by atomic mass is 10.1. The lowest BCUT2D eigenvalue weighted by Crippen LogP contribution is -2.49. The summed E-state index contributed by atoms with van der Waals surface area (Å²) < 4.78 is 5.51. The van der Waals surface area contributed by atoms with E-state index in [4.69, 9.17) is 4.74 Å². The van der Waals surface area contributed by atoms with E-state index in [0.717, 1.165) is 59.0 Å². The molecule has 1 aliphatic carbocycles. The summed E-state index contributed by atoms with van der Waals surface area (Å²) in [6, 6.07) is 10.2. The summed E-state index contributed by atoms with van der Waals surface area (Å²) in [5.74, 6) is 2.86. The number of rotatable bonds is 6. The Balaban J connectivity index is 1.07. The van der Waals surface area contributed by atoms with Crippen molar-refractivity contribution in [3.05, 3.63) is 60.3 Å². The molecule has 1 saturated heterocycles. The molecule has 2 fully saturated rings. The lowest BCUT2D eigenvalue weighted by molar-refractivity contribution is 0.0139. The Bertz CT molecular complexity index is 1460. The van der Waals surface area contributed by atoms with Gasteiger partial charge in [0.05, 0.1) is 11.0 Å². The molecule has 0 unspecified atom stereocenters. The molecule has 2 aliphatic rings. The molecule has 4 heterocycles.